The van der Waals surface area contributed by atoms with Gasteiger partial charge in [-0.05, 0) is 13.8 Å². The summed E-state index contributed by atoms with van der Waals surface area (Å²) < 4.78 is 0. The third kappa shape index (κ3) is 4.57. The molecule has 0 spiro atoms. The van der Waals surface area contributed by atoms with E-state index in [-0.39, 0.29) is 12.4 Å². The molecule has 0 heterocycles. The zero-order valence-corrected chi connectivity index (χ0v) is 12.9. The van der Waals surface area contributed by atoms with Gasteiger partial charge in [-0.3, -0.25) is 19.2 Å². The second kappa shape index (κ2) is 8.18. The van der Waals surface area contributed by atoms with E-state index in [1.165, 1.54) is 0 Å². The molecule has 4 N–H and O–H groups in total. The van der Waals surface area contributed by atoms with Crippen LogP contribution in [0.25, 0.3) is 0 Å². The fourth-order valence-electron chi connectivity index (χ4n) is 1.80. The smallest absolute Gasteiger partial charge is 0.233 e. The monoisotopic (exact) mass is 325 g/mol. The number of carbonyl (C=O) groups is 4. The van der Waals surface area contributed by atoms with Crippen LogP contribution in [0, 0.1) is 0 Å². The van der Waals surface area contributed by atoms with E-state index in [9.17, 15) is 34.5 Å². The number of halogens is 1. The molecule has 0 saturated heterocycles. The van der Waals surface area contributed by atoms with Crippen molar-refractivity contribution in [3.8, 4) is 0 Å². The van der Waals surface area contributed by atoms with Crippen LogP contribution < -0.4 is 5.32 Å². The summed E-state index contributed by atoms with van der Waals surface area (Å²) in [6, 6.07) is 0. The van der Waals surface area contributed by atoms with Crippen molar-refractivity contribution in [2.75, 3.05) is 0 Å². The van der Waals surface area contributed by atoms with Gasteiger partial charge in [0.2, 0.25) is 11.7 Å². The zero-order chi connectivity index (χ0) is 16.2. The van der Waals surface area contributed by atoms with Crippen molar-refractivity contribution in [1.29, 1.82) is 0 Å². The Hall–Kier alpha value is -1.35. The van der Waals surface area contributed by atoms with E-state index in [0.717, 1.165) is 27.7 Å². The first-order chi connectivity index (χ1) is 8.98. The first-order valence-corrected chi connectivity index (χ1v) is 5.87. The minimum absolute atomic E-state index is 0. The van der Waals surface area contributed by atoms with E-state index in [2.05, 4.69) is 0 Å². The quantitative estimate of drug-likeness (QED) is 0.317. The predicted molar refractivity (Wildman–Crippen MR) is 73.9 cm³/mol. The lowest BCUT2D eigenvalue weighted by Gasteiger charge is -2.37. The second-order valence-corrected chi connectivity index (χ2v) is 4.61. The molecule has 1 amide bonds. The number of carbonyl (C=O) groups excluding carboxylic acids is 4. The number of aliphatic hydroxyl groups excluding tert-OH is 3. The molecule has 0 aromatic carbocycles. The van der Waals surface area contributed by atoms with Gasteiger partial charge in [0, 0.05) is 13.8 Å². The van der Waals surface area contributed by atoms with Gasteiger partial charge in [0.25, 0.3) is 0 Å². The molecular weight excluding hydrogens is 306 g/mol. The topological polar surface area (TPSA) is 141 Å². The molecule has 0 aliphatic rings. The first kappa shape index (κ1) is 21.9. The van der Waals surface area contributed by atoms with Gasteiger partial charge in [-0.2, -0.15) is 0 Å². The molecule has 0 rings (SSSR count). The summed E-state index contributed by atoms with van der Waals surface area (Å²) in [5, 5.41) is 30.9. The van der Waals surface area contributed by atoms with E-state index < -0.39 is 47.1 Å². The van der Waals surface area contributed by atoms with Crippen LogP contribution in [0.15, 0.2) is 0 Å². The van der Waals surface area contributed by atoms with Crippen LogP contribution in [0.2, 0.25) is 0 Å². The van der Waals surface area contributed by atoms with Crippen LogP contribution in [0.5, 0.6) is 0 Å². The molecule has 0 aromatic rings. The Morgan fingerprint density at radius 3 is 1.67 bits per heavy atom. The van der Waals surface area contributed by atoms with Crippen LogP contribution in [-0.4, -0.2) is 62.4 Å². The van der Waals surface area contributed by atoms with E-state index >= 15 is 0 Å². The summed E-state index contributed by atoms with van der Waals surface area (Å²) in [5.41, 5.74) is -2.62. The van der Waals surface area contributed by atoms with Crippen LogP contribution in [0.1, 0.15) is 27.7 Å². The molecule has 9 heteroatoms. The van der Waals surface area contributed by atoms with Crippen molar-refractivity contribution in [1.82, 2.24) is 5.32 Å². The molecule has 0 saturated carbocycles. The average molecular weight is 326 g/mol. The van der Waals surface area contributed by atoms with Crippen molar-refractivity contribution < 1.29 is 34.5 Å². The normalized spacial score (nSPS) is 17.5. The molecule has 0 fully saturated rings. The third-order valence-corrected chi connectivity index (χ3v) is 2.87. The summed E-state index contributed by atoms with van der Waals surface area (Å²) in [6.07, 6.45) is -5.56. The lowest BCUT2D eigenvalue weighted by molar-refractivity contribution is -0.158. The van der Waals surface area contributed by atoms with Crippen LogP contribution in [0.3, 0.4) is 0 Å². The van der Waals surface area contributed by atoms with E-state index in [1.54, 1.807) is 0 Å². The molecule has 4 atom stereocenters. The van der Waals surface area contributed by atoms with Crippen molar-refractivity contribution in [3.63, 3.8) is 0 Å². The molecule has 21 heavy (non-hydrogen) atoms. The first-order valence-electron chi connectivity index (χ1n) is 5.87. The Balaban J connectivity index is 0. The van der Waals surface area contributed by atoms with Crippen LogP contribution >= 0.6 is 12.4 Å². The predicted octanol–water partition coefficient (Wildman–Crippen LogP) is -1.87. The molecule has 0 bridgehead atoms. The molecule has 0 radical (unpaired) electrons. The molecule has 0 unspecified atom stereocenters. The Labute approximate surface area is 127 Å². The minimum Gasteiger partial charge on any atom is -0.391 e. The molecule has 0 aliphatic carbocycles. The number of nitrogens with one attached hydrogen (secondary N) is 1. The van der Waals surface area contributed by atoms with Crippen molar-refractivity contribution in [2.45, 2.75) is 51.5 Å². The number of amides is 1. The van der Waals surface area contributed by atoms with Gasteiger partial charge in [0.05, 0.1) is 6.10 Å². The van der Waals surface area contributed by atoms with E-state index in [4.69, 9.17) is 0 Å². The average Bonchev–Trinajstić information content (AvgIpc) is 2.32. The second-order valence-electron chi connectivity index (χ2n) is 4.61. The number of hydrogen-bond donors (Lipinski definition) is 4. The number of ketones is 3. The van der Waals surface area contributed by atoms with E-state index in [0.29, 0.717) is 0 Å². The maximum absolute atomic E-state index is 12.0. The number of rotatable bonds is 7. The fraction of sp³-hybridized carbons (Fsp3) is 0.667. The van der Waals surface area contributed by atoms with Gasteiger partial charge in [0.15, 0.2) is 17.1 Å². The van der Waals surface area contributed by atoms with Crippen molar-refractivity contribution in [3.05, 3.63) is 0 Å². The number of aliphatic hydroxyl groups is 3. The fourth-order valence-corrected chi connectivity index (χ4v) is 1.80. The Morgan fingerprint density at radius 1 is 1.00 bits per heavy atom. The lowest BCUT2D eigenvalue weighted by atomic mass is 9.78. The summed E-state index contributed by atoms with van der Waals surface area (Å²) in [6.45, 7) is 3.84. The molecule has 8 nitrogen and oxygen atoms in total. The highest BCUT2D eigenvalue weighted by Gasteiger charge is 2.54. The largest absolute Gasteiger partial charge is 0.391 e. The summed E-state index contributed by atoms with van der Waals surface area (Å²) in [4.78, 5) is 46.2. The van der Waals surface area contributed by atoms with Gasteiger partial charge in [-0.25, -0.2) is 0 Å². The van der Waals surface area contributed by atoms with Gasteiger partial charge in [0.1, 0.15) is 12.2 Å². The van der Waals surface area contributed by atoms with Crippen LogP contribution in [0.4, 0.5) is 0 Å². The van der Waals surface area contributed by atoms with Crippen LogP contribution in [-0.2, 0) is 19.2 Å². The lowest BCUT2D eigenvalue weighted by Crippen LogP contribution is -2.71. The standard InChI is InChI=1S/C12H19NO7.ClH/c1-5(14)9(18)11(20)12(7(3)16,13-8(4)17)10(19)6(2)15;/h5,9,11,14,18,20H,1-4H3,(H,13,17);1H/t5-,9+,11+,12+;/m1./s1. The molecule has 0 aliphatic heterocycles. The third-order valence-electron chi connectivity index (χ3n) is 2.87. The maximum Gasteiger partial charge on any atom is 0.233 e. The molecule has 122 valence electrons. The van der Waals surface area contributed by atoms with Crippen molar-refractivity contribution >= 4 is 35.7 Å². The number of Topliss-reactive ketones (excluding diaryl/α,β-unsaturated/α-hetero) is 3. The van der Waals surface area contributed by atoms with Gasteiger partial charge < -0.3 is 20.6 Å². The Morgan fingerprint density at radius 2 is 1.43 bits per heavy atom. The van der Waals surface area contributed by atoms with E-state index in [1.807, 2.05) is 5.32 Å². The van der Waals surface area contributed by atoms with Gasteiger partial charge >= 0.3 is 0 Å². The Kier molecular flexibility index (Phi) is 8.55. The number of hydrogen-bond acceptors (Lipinski definition) is 7. The zero-order valence-electron chi connectivity index (χ0n) is 12.1. The highest BCUT2D eigenvalue weighted by molar-refractivity contribution is 6.45. The maximum atomic E-state index is 12.0. The molecule has 0 aromatic heterocycles. The summed E-state index contributed by atoms with van der Waals surface area (Å²) >= 11 is 0. The van der Waals surface area contributed by atoms with Crippen molar-refractivity contribution in [2.24, 2.45) is 0 Å². The highest BCUT2D eigenvalue weighted by atomic mass is 35.5. The summed E-state index contributed by atoms with van der Waals surface area (Å²) in [5.74, 6) is -4.33. The Bertz CT molecular complexity index is 437. The highest BCUT2D eigenvalue weighted by Crippen LogP contribution is 2.20. The van der Waals surface area contributed by atoms with Gasteiger partial charge in [-0.15, -0.1) is 12.4 Å². The summed E-state index contributed by atoms with van der Waals surface area (Å²) in [7, 11) is 0. The molecular formula is C12H20ClNO7. The SMILES string of the molecule is CC(=O)N[C@@](C(C)=O)(C(=O)C(C)=O)[C@@H](O)[C@@H](O)[C@@H](C)O.Cl. The minimum atomic E-state index is -2.62. The van der Waals surface area contributed by atoms with Gasteiger partial charge in [-0.1, -0.05) is 0 Å².